The van der Waals surface area contributed by atoms with E-state index < -0.39 is 0 Å². The largest absolute Gasteiger partial charge is 0.457 e. The Bertz CT molecular complexity index is 547. The third-order valence-electron chi connectivity index (χ3n) is 2.77. The van der Waals surface area contributed by atoms with E-state index in [9.17, 15) is 0 Å². The van der Waals surface area contributed by atoms with E-state index in [1.54, 1.807) is 24.3 Å². The van der Waals surface area contributed by atoms with Gasteiger partial charge in [-0.25, -0.2) is 0 Å². The zero-order valence-electron chi connectivity index (χ0n) is 10.6. The molecule has 2 heteroatoms. The van der Waals surface area contributed by atoms with Gasteiger partial charge in [0.25, 0.3) is 0 Å². The van der Waals surface area contributed by atoms with E-state index in [0.717, 1.165) is 11.5 Å². The first-order valence-corrected chi connectivity index (χ1v) is 5.97. The number of nitrogens with zero attached hydrogens (tertiary/aromatic N) is 1. The van der Waals surface area contributed by atoms with Crippen molar-refractivity contribution in [1.82, 2.24) is 0 Å². The predicted octanol–water partition coefficient (Wildman–Crippen LogP) is 4.47. The summed E-state index contributed by atoms with van der Waals surface area (Å²) in [4.78, 5) is 0. The fourth-order valence-corrected chi connectivity index (χ4v) is 1.65. The van der Waals surface area contributed by atoms with E-state index in [4.69, 9.17) is 10.00 Å². The fourth-order valence-electron chi connectivity index (χ4n) is 1.65. The van der Waals surface area contributed by atoms with Crippen LogP contribution in [0.5, 0.6) is 11.5 Å². The summed E-state index contributed by atoms with van der Waals surface area (Å²) >= 11 is 0. The van der Waals surface area contributed by atoms with Crippen LogP contribution in [0.4, 0.5) is 0 Å². The minimum absolute atomic E-state index is 0.522. The van der Waals surface area contributed by atoms with Gasteiger partial charge in [-0.1, -0.05) is 26.0 Å². The standard InChI is InChI=1S/C16H15NO/c1-12(2)14-5-9-16(10-6-14)18-15-7-3-13(11-17)4-8-15/h3-10,12H,1-2H3. The summed E-state index contributed by atoms with van der Waals surface area (Å²) in [6.45, 7) is 4.33. The molecule has 0 unspecified atom stereocenters. The Morgan fingerprint density at radius 3 is 1.83 bits per heavy atom. The maximum Gasteiger partial charge on any atom is 0.127 e. The first-order valence-electron chi connectivity index (χ1n) is 5.97. The summed E-state index contributed by atoms with van der Waals surface area (Å²) in [5.41, 5.74) is 1.93. The molecule has 0 aliphatic rings. The molecule has 0 fully saturated rings. The second-order valence-electron chi connectivity index (χ2n) is 4.46. The number of rotatable bonds is 3. The molecule has 0 saturated carbocycles. The molecule has 90 valence electrons. The maximum absolute atomic E-state index is 8.71. The Balaban J connectivity index is 2.11. The van der Waals surface area contributed by atoms with E-state index in [1.807, 2.05) is 12.1 Å². The minimum Gasteiger partial charge on any atom is -0.457 e. The van der Waals surface area contributed by atoms with Crippen LogP contribution in [0.2, 0.25) is 0 Å². The average molecular weight is 237 g/mol. The van der Waals surface area contributed by atoms with Gasteiger partial charge in [0, 0.05) is 0 Å². The molecule has 18 heavy (non-hydrogen) atoms. The lowest BCUT2D eigenvalue weighted by Gasteiger charge is -2.08. The number of hydrogen-bond acceptors (Lipinski definition) is 2. The van der Waals surface area contributed by atoms with Crippen molar-refractivity contribution < 1.29 is 4.74 Å². The summed E-state index contributed by atoms with van der Waals surface area (Å²) in [7, 11) is 0. The highest BCUT2D eigenvalue weighted by atomic mass is 16.5. The second kappa shape index (κ2) is 5.37. The zero-order chi connectivity index (χ0) is 13.0. The Kier molecular flexibility index (Phi) is 3.64. The van der Waals surface area contributed by atoms with Crippen LogP contribution >= 0.6 is 0 Å². The Labute approximate surface area is 107 Å². The molecule has 0 saturated heterocycles. The van der Waals surface area contributed by atoms with Crippen LogP contribution in [0.3, 0.4) is 0 Å². The zero-order valence-corrected chi connectivity index (χ0v) is 10.6. The number of ether oxygens (including phenoxy) is 1. The molecular formula is C16H15NO. The fraction of sp³-hybridized carbons (Fsp3) is 0.188. The molecule has 0 bridgehead atoms. The third-order valence-corrected chi connectivity index (χ3v) is 2.77. The monoisotopic (exact) mass is 237 g/mol. The molecular weight excluding hydrogens is 222 g/mol. The van der Waals surface area contributed by atoms with Gasteiger partial charge in [0.15, 0.2) is 0 Å². The molecule has 0 radical (unpaired) electrons. The molecule has 2 nitrogen and oxygen atoms in total. The lowest BCUT2D eigenvalue weighted by Crippen LogP contribution is -1.88. The van der Waals surface area contributed by atoms with Crippen LogP contribution in [0.25, 0.3) is 0 Å². The summed E-state index contributed by atoms with van der Waals surface area (Å²) in [6.07, 6.45) is 0. The van der Waals surface area contributed by atoms with Crippen LogP contribution in [0, 0.1) is 11.3 Å². The van der Waals surface area contributed by atoms with E-state index in [2.05, 4.69) is 32.0 Å². The molecule has 2 aromatic rings. The summed E-state index contributed by atoms with van der Waals surface area (Å²) in [5, 5.41) is 8.71. The van der Waals surface area contributed by atoms with Crippen LogP contribution in [-0.4, -0.2) is 0 Å². The minimum atomic E-state index is 0.522. The van der Waals surface area contributed by atoms with Gasteiger partial charge in [-0.15, -0.1) is 0 Å². The van der Waals surface area contributed by atoms with Crippen molar-refractivity contribution in [2.75, 3.05) is 0 Å². The first-order chi connectivity index (χ1) is 8.69. The maximum atomic E-state index is 8.71. The lowest BCUT2D eigenvalue weighted by molar-refractivity contribution is 0.482. The predicted molar refractivity (Wildman–Crippen MR) is 71.8 cm³/mol. The molecule has 0 heterocycles. The molecule has 0 N–H and O–H groups in total. The molecule has 2 aromatic carbocycles. The molecule has 0 aliphatic heterocycles. The highest BCUT2D eigenvalue weighted by Crippen LogP contribution is 2.24. The average Bonchev–Trinajstić information content (AvgIpc) is 2.40. The normalized spacial score (nSPS) is 10.1. The molecule has 0 spiro atoms. The van der Waals surface area contributed by atoms with E-state index in [-0.39, 0.29) is 0 Å². The van der Waals surface area contributed by atoms with Gasteiger partial charge >= 0.3 is 0 Å². The van der Waals surface area contributed by atoms with Crippen molar-refractivity contribution in [2.24, 2.45) is 0 Å². The van der Waals surface area contributed by atoms with Crippen molar-refractivity contribution in [3.8, 4) is 17.6 Å². The van der Waals surface area contributed by atoms with Crippen molar-refractivity contribution in [3.05, 3.63) is 59.7 Å². The van der Waals surface area contributed by atoms with Gasteiger partial charge in [0.2, 0.25) is 0 Å². The molecule has 0 aliphatic carbocycles. The highest BCUT2D eigenvalue weighted by molar-refractivity contribution is 5.38. The summed E-state index contributed by atoms with van der Waals surface area (Å²) in [5.74, 6) is 2.07. The van der Waals surface area contributed by atoms with Gasteiger partial charge in [-0.3, -0.25) is 0 Å². The topological polar surface area (TPSA) is 33.0 Å². The number of hydrogen-bond donors (Lipinski definition) is 0. The van der Waals surface area contributed by atoms with Crippen LogP contribution < -0.4 is 4.74 Å². The van der Waals surface area contributed by atoms with Crippen molar-refractivity contribution in [3.63, 3.8) is 0 Å². The Morgan fingerprint density at radius 1 is 0.889 bits per heavy atom. The molecule has 2 rings (SSSR count). The number of benzene rings is 2. The van der Waals surface area contributed by atoms with E-state index >= 15 is 0 Å². The van der Waals surface area contributed by atoms with Crippen LogP contribution in [-0.2, 0) is 0 Å². The highest BCUT2D eigenvalue weighted by Gasteiger charge is 2.01. The van der Waals surface area contributed by atoms with Crippen molar-refractivity contribution in [2.45, 2.75) is 19.8 Å². The summed E-state index contributed by atoms with van der Waals surface area (Å²) < 4.78 is 5.70. The van der Waals surface area contributed by atoms with E-state index in [0.29, 0.717) is 11.5 Å². The van der Waals surface area contributed by atoms with Crippen molar-refractivity contribution in [1.29, 1.82) is 5.26 Å². The third kappa shape index (κ3) is 2.89. The molecule has 0 atom stereocenters. The smallest absolute Gasteiger partial charge is 0.127 e. The van der Waals surface area contributed by atoms with Crippen LogP contribution in [0.15, 0.2) is 48.5 Å². The lowest BCUT2D eigenvalue weighted by atomic mass is 10.0. The SMILES string of the molecule is CC(C)c1ccc(Oc2ccc(C#N)cc2)cc1. The van der Waals surface area contributed by atoms with Gasteiger partial charge in [0.1, 0.15) is 11.5 Å². The number of nitriles is 1. The van der Waals surface area contributed by atoms with E-state index in [1.165, 1.54) is 5.56 Å². The van der Waals surface area contributed by atoms with Gasteiger partial charge in [-0.2, -0.15) is 5.26 Å². The Morgan fingerprint density at radius 2 is 1.39 bits per heavy atom. The Hall–Kier alpha value is -2.27. The quantitative estimate of drug-likeness (QED) is 0.788. The summed E-state index contributed by atoms with van der Waals surface area (Å²) in [6, 6.07) is 17.3. The first kappa shape index (κ1) is 12.2. The van der Waals surface area contributed by atoms with Gasteiger partial charge in [-0.05, 0) is 47.9 Å². The van der Waals surface area contributed by atoms with Crippen LogP contribution in [0.1, 0.15) is 30.9 Å². The second-order valence-corrected chi connectivity index (χ2v) is 4.46. The molecule has 0 amide bonds. The van der Waals surface area contributed by atoms with Gasteiger partial charge < -0.3 is 4.74 Å². The van der Waals surface area contributed by atoms with Gasteiger partial charge in [0.05, 0.1) is 11.6 Å². The molecule has 0 aromatic heterocycles. The van der Waals surface area contributed by atoms with Crippen molar-refractivity contribution >= 4 is 0 Å².